The number of aryl methyl sites for hydroxylation is 2. The SMILES string of the molecule is CCN1CCOC(C(O)c2cc(C)c(OC)cc2C)C1. The first-order valence-corrected chi connectivity index (χ1v) is 7.24. The number of nitrogens with zero attached hydrogens (tertiary/aromatic N) is 1. The van der Waals surface area contributed by atoms with E-state index in [1.165, 1.54) is 0 Å². The van der Waals surface area contributed by atoms with Crippen molar-refractivity contribution in [1.82, 2.24) is 4.90 Å². The molecule has 0 aliphatic carbocycles. The molecule has 1 aliphatic rings. The van der Waals surface area contributed by atoms with Crippen molar-refractivity contribution in [3.05, 3.63) is 28.8 Å². The lowest BCUT2D eigenvalue weighted by Gasteiger charge is -2.35. The van der Waals surface area contributed by atoms with Crippen molar-refractivity contribution in [2.24, 2.45) is 0 Å². The minimum absolute atomic E-state index is 0.157. The van der Waals surface area contributed by atoms with Crippen LogP contribution in [-0.2, 0) is 4.74 Å². The van der Waals surface area contributed by atoms with Crippen LogP contribution >= 0.6 is 0 Å². The number of hydrogen-bond acceptors (Lipinski definition) is 4. The Hall–Kier alpha value is -1.10. The molecule has 0 spiro atoms. The summed E-state index contributed by atoms with van der Waals surface area (Å²) in [5.41, 5.74) is 3.01. The summed E-state index contributed by atoms with van der Waals surface area (Å²) in [4.78, 5) is 2.31. The van der Waals surface area contributed by atoms with Gasteiger partial charge in [-0.1, -0.05) is 6.92 Å². The number of methoxy groups -OCH3 is 1. The van der Waals surface area contributed by atoms with Crippen LogP contribution in [0.15, 0.2) is 12.1 Å². The molecule has 0 bridgehead atoms. The molecule has 0 radical (unpaired) electrons. The van der Waals surface area contributed by atoms with Gasteiger partial charge < -0.3 is 14.6 Å². The van der Waals surface area contributed by atoms with Crippen LogP contribution in [0.3, 0.4) is 0 Å². The first-order valence-electron chi connectivity index (χ1n) is 7.24. The molecule has 4 heteroatoms. The molecule has 1 aliphatic heterocycles. The summed E-state index contributed by atoms with van der Waals surface area (Å²) in [6, 6.07) is 3.99. The number of benzene rings is 1. The molecule has 1 saturated heterocycles. The first-order chi connectivity index (χ1) is 9.56. The summed E-state index contributed by atoms with van der Waals surface area (Å²) >= 11 is 0. The van der Waals surface area contributed by atoms with Gasteiger partial charge in [0.15, 0.2) is 0 Å². The topological polar surface area (TPSA) is 41.9 Å². The number of aliphatic hydroxyl groups excluding tert-OH is 1. The van der Waals surface area contributed by atoms with Gasteiger partial charge in [-0.25, -0.2) is 0 Å². The lowest BCUT2D eigenvalue weighted by Crippen LogP contribution is -2.44. The average molecular weight is 279 g/mol. The monoisotopic (exact) mass is 279 g/mol. The molecule has 0 saturated carbocycles. The summed E-state index contributed by atoms with van der Waals surface area (Å²) in [5, 5.41) is 10.6. The maximum absolute atomic E-state index is 10.6. The highest BCUT2D eigenvalue weighted by molar-refractivity contribution is 5.42. The Morgan fingerprint density at radius 2 is 2.15 bits per heavy atom. The van der Waals surface area contributed by atoms with E-state index in [2.05, 4.69) is 11.8 Å². The van der Waals surface area contributed by atoms with Crippen LogP contribution in [0.5, 0.6) is 5.75 Å². The highest BCUT2D eigenvalue weighted by Gasteiger charge is 2.28. The molecule has 1 aromatic carbocycles. The van der Waals surface area contributed by atoms with Crippen molar-refractivity contribution in [3.63, 3.8) is 0 Å². The van der Waals surface area contributed by atoms with Crippen molar-refractivity contribution in [2.75, 3.05) is 33.4 Å². The van der Waals surface area contributed by atoms with Crippen molar-refractivity contribution in [1.29, 1.82) is 0 Å². The molecule has 1 heterocycles. The zero-order valence-corrected chi connectivity index (χ0v) is 12.8. The van der Waals surface area contributed by atoms with E-state index >= 15 is 0 Å². The molecule has 20 heavy (non-hydrogen) atoms. The second-order valence-corrected chi connectivity index (χ2v) is 5.43. The Morgan fingerprint density at radius 1 is 1.40 bits per heavy atom. The van der Waals surface area contributed by atoms with Crippen molar-refractivity contribution >= 4 is 0 Å². The summed E-state index contributed by atoms with van der Waals surface area (Å²) in [7, 11) is 1.67. The van der Waals surface area contributed by atoms with Gasteiger partial charge in [-0.2, -0.15) is 0 Å². The summed E-state index contributed by atoms with van der Waals surface area (Å²) in [6.45, 7) is 9.53. The van der Waals surface area contributed by atoms with Gasteiger partial charge in [0.25, 0.3) is 0 Å². The van der Waals surface area contributed by atoms with E-state index in [0.29, 0.717) is 6.61 Å². The number of hydrogen-bond donors (Lipinski definition) is 1. The minimum atomic E-state index is -0.589. The third-order valence-electron chi connectivity index (χ3n) is 4.08. The Kier molecular flexibility index (Phi) is 5.02. The Balaban J connectivity index is 2.20. The highest BCUT2D eigenvalue weighted by atomic mass is 16.5. The van der Waals surface area contributed by atoms with Gasteiger partial charge in [0.2, 0.25) is 0 Å². The first kappa shape index (κ1) is 15.3. The van der Waals surface area contributed by atoms with Crippen LogP contribution in [0.1, 0.15) is 29.7 Å². The molecule has 1 fully saturated rings. The Labute approximate surface area is 121 Å². The quantitative estimate of drug-likeness (QED) is 0.916. The zero-order valence-electron chi connectivity index (χ0n) is 12.8. The van der Waals surface area contributed by atoms with E-state index in [-0.39, 0.29) is 6.10 Å². The van der Waals surface area contributed by atoms with E-state index in [4.69, 9.17) is 9.47 Å². The molecule has 1 aromatic rings. The maximum atomic E-state index is 10.6. The lowest BCUT2D eigenvalue weighted by molar-refractivity contribution is -0.0890. The number of likely N-dealkylation sites (N-methyl/N-ethyl adjacent to an activating group) is 1. The van der Waals surface area contributed by atoms with Gasteiger partial charge in [-0.3, -0.25) is 4.90 Å². The standard InChI is InChI=1S/C16H25NO3/c1-5-17-6-7-20-15(10-17)16(18)13-8-12(3)14(19-4)9-11(13)2/h8-9,15-16,18H,5-7,10H2,1-4H3. The number of ether oxygens (including phenoxy) is 2. The van der Waals surface area contributed by atoms with Crippen molar-refractivity contribution < 1.29 is 14.6 Å². The van der Waals surface area contributed by atoms with E-state index in [1.807, 2.05) is 26.0 Å². The van der Waals surface area contributed by atoms with E-state index < -0.39 is 6.10 Å². The fraction of sp³-hybridized carbons (Fsp3) is 0.625. The van der Waals surface area contributed by atoms with Crippen molar-refractivity contribution in [2.45, 2.75) is 33.0 Å². The molecular weight excluding hydrogens is 254 g/mol. The van der Waals surface area contributed by atoms with Gasteiger partial charge in [0.05, 0.1) is 13.7 Å². The zero-order chi connectivity index (χ0) is 14.7. The Bertz CT molecular complexity index is 461. The van der Waals surface area contributed by atoms with Gasteiger partial charge in [0.1, 0.15) is 18.0 Å². The predicted octanol–water partition coefficient (Wildman–Crippen LogP) is 2.07. The molecule has 112 valence electrons. The van der Waals surface area contributed by atoms with Crippen molar-refractivity contribution in [3.8, 4) is 5.75 Å². The molecule has 2 atom stereocenters. The van der Waals surface area contributed by atoms with E-state index in [1.54, 1.807) is 7.11 Å². The third kappa shape index (κ3) is 3.14. The van der Waals surface area contributed by atoms with Gasteiger partial charge in [-0.05, 0) is 49.2 Å². The van der Waals surface area contributed by atoms with E-state index in [9.17, 15) is 5.11 Å². The molecule has 1 N–H and O–H groups in total. The molecule has 0 aromatic heterocycles. The largest absolute Gasteiger partial charge is 0.496 e. The molecule has 2 unspecified atom stereocenters. The second kappa shape index (κ2) is 6.57. The molecule has 0 amide bonds. The smallest absolute Gasteiger partial charge is 0.122 e. The summed E-state index contributed by atoms with van der Waals surface area (Å²) in [5.74, 6) is 0.859. The van der Waals surface area contributed by atoms with E-state index in [0.717, 1.165) is 42.1 Å². The van der Waals surface area contributed by atoms with Gasteiger partial charge in [0, 0.05) is 13.1 Å². The maximum Gasteiger partial charge on any atom is 0.122 e. The van der Waals surface area contributed by atoms with Crippen LogP contribution in [-0.4, -0.2) is 49.5 Å². The predicted molar refractivity (Wildman–Crippen MR) is 79.3 cm³/mol. The highest BCUT2D eigenvalue weighted by Crippen LogP contribution is 2.30. The summed E-state index contributed by atoms with van der Waals surface area (Å²) < 4.78 is 11.1. The fourth-order valence-corrected chi connectivity index (χ4v) is 2.76. The van der Waals surface area contributed by atoms with Crippen LogP contribution in [0.2, 0.25) is 0 Å². The van der Waals surface area contributed by atoms with Crippen LogP contribution in [0.25, 0.3) is 0 Å². The van der Waals surface area contributed by atoms with Crippen LogP contribution in [0.4, 0.5) is 0 Å². The lowest BCUT2D eigenvalue weighted by atomic mass is 9.96. The number of morpholine rings is 1. The normalized spacial score (nSPS) is 21.8. The van der Waals surface area contributed by atoms with Gasteiger partial charge >= 0.3 is 0 Å². The molecule has 4 nitrogen and oxygen atoms in total. The number of aliphatic hydroxyl groups is 1. The van der Waals surface area contributed by atoms with Crippen LogP contribution in [0, 0.1) is 13.8 Å². The van der Waals surface area contributed by atoms with Gasteiger partial charge in [-0.15, -0.1) is 0 Å². The average Bonchev–Trinajstić information content (AvgIpc) is 2.48. The van der Waals surface area contributed by atoms with Crippen LogP contribution < -0.4 is 4.74 Å². The fourth-order valence-electron chi connectivity index (χ4n) is 2.76. The molecular formula is C16H25NO3. The summed E-state index contributed by atoms with van der Waals surface area (Å²) in [6.07, 6.45) is -0.746. The Morgan fingerprint density at radius 3 is 2.80 bits per heavy atom. The molecule has 2 rings (SSSR count). The second-order valence-electron chi connectivity index (χ2n) is 5.43. The third-order valence-corrected chi connectivity index (χ3v) is 4.08. The number of rotatable bonds is 4. The minimum Gasteiger partial charge on any atom is -0.496 e.